The topological polar surface area (TPSA) is 64.3 Å². The Morgan fingerprint density at radius 3 is 2.50 bits per heavy atom. The molecule has 1 amide bonds. The summed E-state index contributed by atoms with van der Waals surface area (Å²) in [6.45, 7) is 3.66. The van der Waals surface area contributed by atoms with Crippen LogP contribution in [0.4, 0.5) is 5.69 Å². The van der Waals surface area contributed by atoms with Crippen LogP contribution < -0.4 is 11.1 Å². The predicted octanol–water partition coefficient (Wildman–Crippen LogP) is 3.21. The van der Waals surface area contributed by atoms with Crippen LogP contribution in [0.1, 0.15) is 31.1 Å². The third-order valence-electron chi connectivity index (χ3n) is 3.81. The van der Waals surface area contributed by atoms with E-state index < -0.39 is 5.54 Å². The first kappa shape index (κ1) is 16.2. The van der Waals surface area contributed by atoms with Crippen molar-refractivity contribution < 1.29 is 9.53 Å². The van der Waals surface area contributed by atoms with Gasteiger partial charge in [0.25, 0.3) is 0 Å². The molecule has 0 fully saturated rings. The second kappa shape index (κ2) is 6.73. The Labute approximate surface area is 131 Å². The molecule has 2 aromatic rings. The third-order valence-corrected chi connectivity index (χ3v) is 3.81. The van der Waals surface area contributed by atoms with E-state index in [0.29, 0.717) is 5.69 Å². The van der Waals surface area contributed by atoms with Gasteiger partial charge in [0, 0.05) is 12.8 Å². The molecule has 2 aromatic carbocycles. The van der Waals surface area contributed by atoms with Gasteiger partial charge in [0.2, 0.25) is 5.91 Å². The zero-order valence-corrected chi connectivity index (χ0v) is 13.2. The van der Waals surface area contributed by atoms with Gasteiger partial charge < -0.3 is 15.8 Å². The highest BCUT2D eigenvalue weighted by Crippen LogP contribution is 2.23. The van der Waals surface area contributed by atoms with Crippen LogP contribution in [0.25, 0.3) is 0 Å². The Bertz CT molecular complexity index is 639. The van der Waals surface area contributed by atoms with Crippen LogP contribution in [0.2, 0.25) is 0 Å². The Balaban J connectivity index is 2.18. The monoisotopic (exact) mass is 298 g/mol. The summed E-state index contributed by atoms with van der Waals surface area (Å²) in [6.07, 6.45) is -0.0322. The van der Waals surface area contributed by atoms with Crippen LogP contribution in [-0.4, -0.2) is 13.0 Å². The standard InChI is InChI=1S/C18H22N2O2/c1-13(22-3)14-8-7-11-16(12-14)20-17(21)18(2,19)15-9-5-4-6-10-15/h4-13H,19H2,1-3H3,(H,20,21). The molecule has 0 aliphatic carbocycles. The number of nitrogens with two attached hydrogens (primary N) is 1. The number of hydrogen-bond acceptors (Lipinski definition) is 3. The fraction of sp³-hybridized carbons (Fsp3) is 0.278. The number of amides is 1. The summed E-state index contributed by atoms with van der Waals surface area (Å²) in [5.74, 6) is -0.249. The molecule has 2 atom stereocenters. The van der Waals surface area contributed by atoms with Gasteiger partial charge in [0.05, 0.1) is 6.10 Å². The number of methoxy groups -OCH3 is 1. The highest BCUT2D eigenvalue weighted by atomic mass is 16.5. The Morgan fingerprint density at radius 2 is 1.86 bits per heavy atom. The Morgan fingerprint density at radius 1 is 1.18 bits per heavy atom. The number of benzene rings is 2. The number of anilines is 1. The number of rotatable bonds is 5. The summed E-state index contributed by atoms with van der Waals surface area (Å²) in [7, 11) is 1.66. The second-order valence-corrected chi connectivity index (χ2v) is 5.53. The van der Waals surface area contributed by atoms with Crippen LogP contribution in [-0.2, 0) is 15.1 Å². The maximum Gasteiger partial charge on any atom is 0.248 e. The quantitative estimate of drug-likeness (QED) is 0.891. The van der Waals surface area contributed by atoms with Gasteiger partial charge in [-0.1, -0.05) is 42.5 Å². The van der Waals surface area contributed by atoms with Gasteiger partial charge in [-0.15, -0.1) is 0 Å². The minimum atomic E-state index is -1.09. The summed E-state index contributed by atoms with van der Waals surface area (Å²) in [5, 5.41) is 2.88. The molecule has 4 heteroatoms. The zero-order chi connectivity index (χ0) is 16.2. The maximum atomic E-state index is 12.5. The average Bonchev–Trinajstić information content (AvgIpc) is 2.55. The van der Waals surface area contributed by atoms with E-state index in [4.69, 9.17) is 10.5 Å². The molecule has 22 heavy (non-hydrogen) atoms. The third kappa shape index (κ3) is 3.53. The summed E-state index contributed by atoms with van der Waals surface area (Å²) in [6, 6.07) is 16.9. The lowest BCUT2D eigenvalue weighted by atomic mass is 9.92. The van der Waals surface area contributed by atoms with Gasteiger partial charge in [0.15, 0.2) is 0 Å². The van der Waals surface area contributed by atoms with Crippen molar-refractivity contribution >= 4 is 11.6 Å². The number of nitrogens with one attached hydrogen (secondary N) is 1. The van der Waals surface area contributed by atoms with E-state index in [2.05, 4.69) is 5.32 Å². The highest BCUT2D eigenvalue weighted by molar-refractivity contribution is 5.98. The molecule has 0 saturated carbocycles. The van der Waals surface area contributed by atoms with Gasteiger partial charge in [-0.3, -0.25) is 4.79 Å². The zero-order valence-electron chi connectivity index (χ0n) is 13.2. The van der Waals surface area contributed by atoms with Crippen molar-refractivity contribution in [3.05, 3.63) is 65.7 Å². The number of hydrogen-bond donors (Lipinski definition) is 2. The molecular formula is C18H22N2O2. The highest BCUT2D eigenvalue weighted by Gasteiger charge is 2.30. The maximum absolute atomic E-state index is 12.5. The van der Waals surface area contributed by atoms with Crippen LogP contribution >= 0.6 is 0 Å². The predicted molar refractivity (Wildman–Crippen MR) is 88.5 cm³/mol. The lowest BCUT2D eigenvalue weighted by Gasteiger charge is -2.24. The van der Waals surface area contributed by atoms with Crippen LogP contribution in [0, 0.1) is 0 Å². The van der Waals surface area contributed by atoms with Gasteiger partial charge in [-0.05, 0) is 37.1 Å². The van der Waals surface area contributed by atoms with Gasteiger partial charge >= 0.3 is 0 Å². The molecule has 2 unspecified atom stereocenters. The summed E-state index contributed by atoms with van der Waals surface area (Å²) >= 11 is 0. The van der Waals surface area contributed by atoms with E-state index >= 15 is 0 Å². The fourth-order valence-corrected chi connectivity index (χ4v) is 2.18. The largest absolute Gasteiger partial charge is 0.377 e. The molecule has 0 spiro atoms. The molecule has 116 valence electrons. The van der Waals surface area contributed by atoms with Gasteiger partial charge in [0.1, 0.15) is 5.54 Å². The molecule has 0 bridgehead atoms. The van der Waals surface area contributed by atoms with Crippen molar-refractivity contribution in [2.45, 2.75) is 25.5 Å². The first-order valence-electron chi connectivity index (χ1n) is 7.23. The minimum Gasteiger partial charge on any atom is -0.377 e. The van der Waals surface area contributed by atoms with E-state index in [9.17, 15) is 4.79 Å². The second-order valence-electron chi connectivity index (χ2n) is 5.53. The first-order chi connectivity index (χ1) is 10.4. The molecule has 0 aromatic heterocycles. The number of ether oxygens (including phenoxy) is 1. The molecule has 3 N–H and O–H groups in total. The number of carbonyl (C=O) groups excluding carboxylic acids is 1. The van der Waals surface area contributed by atoms with Gasteiger partial charge in [-0.2, -0.15) is 0 Å². The Kier molecular flexibility index (Phi) is 4.96. The van der Waals surface area contributed by atoms with Crippen LogP contribution in [0.3, 0.4) is 0 Å². The first-order valence-corrected chi connectivity index (χ1v) is 7.23. The van der Waals surface area contributed by atoms with Crippen molar-refractivity contribution in [3.8, 4) is 0 Å². The normalized spacial score (nSPS) is 14.9. The lowest BCUT2D eigenvalue weighted by molar-refractivity contribution is -0.120. The molecule has 0 saturated heterocycles. The van der Waals surface area contributed by atoms with E-state index in [-0.39, 0.29) is 12.0 Å². The van der Waals surface area contributed by atoms with E-state index in [1.54, 1.807) is 14.0 Å². The summed E-state index contributed by atoms with van der Waals surface area (Å²) < 4.78 is 5.30. The molecule has 0 heterocycles. The fourth-order valence-electron chi connectivity index (χ4n) is 2.18. The van der Waals surface area contributed by atoms with Crippen LogP contribution in [0.5, 0.6) is 0 Å². The molecule has 0 aliphatic heterocycles. The minimum absolute atomic E-state index is 0.0322. The number of carbonyl (C=O) groups is 1. The summed E-state index contributed by atoms with van der Waals surface area (Å²) in [5.41, 5.74) is 7.60. The molecule has 0 aliphatic rings. The van der Waals surface area contributed by atoms with Crippen molar-refractivity contribution in [1.82, 2.24) is 0 Å². The Hall–Kier alpha value is -2.17. The summed E-state index contributed by atoms with van der Waals surface area (Å²) in [4.78, 5) is 12.5. The van der Waals surface area contributed by atoms with Crippen molar-refractivity contribution in [2.24, 2.45) is 5.73 Å². The van der Waals surface area contributed by atoms with Crippen molar-refractivity contribution in [3.63, 3.8) is 0 Å². The molecule has 0 radical (unpaired) electrons. The lowest BCUT2D eigenvalue weighted by Crippen LogP contribution is -2.45. The van der Waals surface area contributed by atoms with Crippen molar-refractivity contribution in [2.75, 3.05) is 12.4 Å². The van der Waals surface area contributed by atoms with E-state index in [1.165, 1.54) is 0 Å². The SMILES string of the molecule is COC(C)c1cccc(NC(=O)C(C)(N)c2ccccc2)c1. The van der Waals surface area contributed by atoms with Crippen LogP contribution in [0.15, 0.2) is 54.6 Å². The van der Waals surface area contributed by atoms with E-state index in [0.717, 1.165) is 11.1 Å². The molecule has 2 rings (SSSR count). The van der Waals surface area contributed by atoms with E-state index in [1.807, 2.05) is 61.5 Å². The molecule has 4 nitrogen and oxygen atoms in total. The van der Waals surface area contributed by atoms with Crippen molar-refractivity contribution in [1.29, 1.82) is 0 Å². The smallest absolute Gasteiger partial charge is 0.248 e. The average molecular weight is 298 g/mol. The van der Waals surface area contributed by atoms with Gasteiger partial charge in [-0.25, -0.2) is 0 Å². The molecular weight excluding hydrogens is 276 g/mol.